The number of para-hydroxylation sites is 1. The van der Waals surface area contributed by atoms with Crippen LogP contribution < -0.4 is 10.2 Å². The van der Waals surface area contributed by atoms with Gasteiger partial charge in [0.1, 0.15) is 19.3 Å². The lowest BCUT2D eigenvalue weighted by Crippen LogP contribution is -2.35. The van der Waals surface area contributed by atoms with Gasteiger partial charge in [-0.2, -0.15) is 0 Å². The molecule has 220 valence electrons. The van der Waals surface area contributed by atoms with Gasteiger partial charge in [-0.05, 0) is 32.4 Å². The van der Waals surface area contributed by atoms with Crippen LogP contribution in [0.4, 0.5) is 5.69 Å². The SMILES string of the molecule is COCCOCOCOCCC(=O)NCCC(=O)N1Cc2ccccc2-c2c(nnn2C(C)(C)C)-c2ccccc21. The molecule has 0 bridgehead atoms. The maximum atomic E-state index is 13.6. The fourth-order valence-electron chi connectivity index (χ4n) is 4.56. The Morgan fingerprint density at radius 2 is 1.61 bits per heavy atom. The molecule has 1 aliphatic heterocycles. The van der Waals surface area contributed by atoms with Crippen molar-refractivity contribution in [3.63, 3.8) is 0 Å². The minimum atomic E-state index is -0.286. The molecule has 0 saturated carbocycles. The number of ether oxygens (including phenoxy) is 4. The second-order valence-corrected chi connectivity index (χ2v) is 10.6. The fourth-order valence-corrected chi connectivity index (χ4v) is 4.56. The summed E-state index contributed by atoms with van der Waals surface area (Å²) in [6, 6.07) is 15.8. The number of fused-ring (bicyclic) bond motifs is 5. The molecule has 1 aromatic heterocycles. The van der Waals surface area contributed by atoms with Crippen LogP contribution in [-0.4, -0.2) is 73.9 Å². The van der Waals surface area contributed by atoms with Crippen LogP contribution in [0.5, 0.6) is 0 Å². The van der Waals surface area contributed by atoms with Crippen LogP contribution in [0.1, 0.15) is 39.2 Å². The molecule has 1 N–H and O–H groups in total. The monoisotopic (exact) mass is 565 g/mol. The smallest absolute Gasteiger partial charge is 0.229 e. The predicted octanol–water partition coefficient (Wildman–Crippen LogP) is 3.72. The maximum absolute atomic E-state index is 13.6. The molecule has 0 spiro atoms. The second-order valence-electron chi connectivity index (χ2n) is 10.6. The van der Waals surface area contributed by atoms with Crippen molar-refractivity contribution in [3.8, 4) is 22.5 Å². The predicted molar refractivity (Wildman–Crippen MR) is 154 cm³/mol. The van der Waals surface area contributed by atoms with E-state index in [1.807, 2.05) is 47.1 Å². The minimum Gasteiger partial charge on any atom is -0.382 e. The van der Waals surface area contributed by atoms with E-state index in [1.54, 1.807) is 12.0 Å². The first kappa shape index (κ1) is 30.3. The first-order valence-corrected chi connectivity index (χ1v) is 13.7. The lowest BCUT2D eigenvalue weighted by atomic mass is 9.94. The average molecular weight is 566 g/mol. The van der Waals surface area contributed by atoms with Crippen molar-refractivity contribution in [1.29, 1.82) is 0 Å². The zero-order valence-electron chi connectivity index (χ0n) is 24.2. The molecule has 1 aliphatic rings. The van der Waals surface area contributed by atoms with Crippen LogP contribution in [0, 0.1) is 0 Å². The number of amides is 2. The van der Waals surface area contributed by atoms with Crippen LogP contribution >= 0.6 is 0 Å². The Bertz CT molecular complexity index is 1320. The number of nitrogens with one attached hydrogen (secondary N) is 1. The number of methoxy groups -OCH3 is 1. The summed E-state index contributed by atoms with van der Waals surface area (Å²) in [6.45, 7) is 8.15. The summed E-state index contributed by atoms with van der Waals surface area (Å²) in [5.41, 5.74) is 4.98. The maximum Gasteiger partial charge on any atom is 0.229 e. The third kappa shape index (κ3) is 7.76. The summed E-state index contributed by atoms with van der Waals surface area (Å²) in [5, 5.41) is 11.9. The number of anilines is 1. The largest absolute Gasteiger partial charge is 0.382 e. The number of carbonyl (C=O) groups excluding carboxylic acids is 2. The summed E-state index contributed by atoms with van der Waals surface area (Å²) >= 11 is 0. The number of hydrogen-bond donors (Lipinski definition) is 1. The quantitative estimate of drug-likeness (QED) is 0.246. The summed E-state index contributed by atoms with van der Waals surface area (Å²) in [4.78, 5) is 27.6. The minimum absolute atomic E-state index is 0.0276. The second kappa shape index (κ2) is 14.3. The molecule has 0 saturated heterocycles. The van der Waals surface area contributed by atoms with Gasteiger partial charge in [-0.25, -0.2) is 4.68 Å². The normalized spacial score (nSPS) is 12.6. The Morgan fingerprint density at radius 3 is 2.37 bits per heavy atom. The molecule has 3 aromatic rings. The number of rotatable bonds is 13. The third-order valence-corrected chi connectivity index (χ3v) is 6.56. The van der Waals surface area contributed by atoms with Crippen molar-refractivity contribution >= 4 is 17.5 Å². The standard InChI is InChI=1S/C30H39N5O6/c1-30(2,3)35-29-23-10-6-5-9-22(23)19-34(25-12-8-7-11-24(25)28(29)32-33-35)27(37)13-15-31-26(36)14-16-39-20-41-21-40-18-17-38-4/h5-12H,13-21H2,1-4H3,(H,31,36). The number of benzene rings is 2. The van der Waals surface area contributed by atoms with Crippen LogP contribution in [0.15, 0.2) is 48.5 Å². The summed E-state index contributed by atoms with van der Waals surface area (Å²) in [7, 11) is 1.60. The van der Waals surface area contributed by atoms with Gasteiger partial charge in [-0.15, -0.1) is 5.10 Å². The molecule has 11 nitrogen and oxygen atoms in total. The zero-order valence-corrected chi connectivity index (χ0v) is 24.2. The first-order valence-electron chi connectivity index (χ1n) is 13.7. The van der Waals surface area contributed by atoms with Gasteiger partial charge in [-0.1, -0.05) is 47.7 Å². The number of hydrogen-bond acceptors (Lipinski definition) is 8. The molecule has 0 unspecified atom stereocenters. The van der Waals surface area contributed by atoms with E-state index in [9.17, 15) is 9.59 Å². The van der Waals surface area contributed by atoms with E-state index in [-0.39, 0.29) is 56.9 Å². The number of nitrogens with zero attached hydrogens (tertiary/aromatic N) is 4. The lowest BCUT2D eigenvalue weighted by Gasteiger charge is -2.30. The summed E-state index contributed by atoms with van der Waals surface area (Å²) < 4.78 is 22.5. The lowest BCUT2D eigenvalue weighted by molar-refractivity contribution is -0.139. The fraction of sp³-hybridized carbons (Fsp3) is 0.467. The van der Waals surface area contributed by atoms with Gasteiger partial charge in [0.2, 0.25) is 11.8 Å². The molecule has 0 fully saturated rings. The van der Waals surface area contributed by atoms with Crippen LogP contribution in [0.2, 0.25) is 0 Å². The van der Waals surface area contributed by atoms with Crippen molar-refractivity contribution in [2.45, 2.75) is 45.7 Å². The number of aromatic nitrogens is 3. The highest BCUT2D eigenvalue weighted by molar-refractivity contribution is 6.00. The Morgan fingerprint density at radius 1 is 0.902 bits per heavy atom. The topological polar surface area (TPSA) is 117 Å². The molecular formula is C30H39N5O6. The van der Waals surface area contributed by atoms with E-state index in [0.29, 0.717) is 19.8 Å². The van der Waals surface area contributed by atoms with E-state index in [4.69, 9.17) is 18.9 Å². The van der Waals surface area contributed by atoms with Crippen molar-refractivity contribution in [1.82, 2.24) is 20.3 Å². The Hall–Kier alpha value is -3.64. The van der Waals surface area contributed by atoms with Crippen molar-refractivity contribution in [2.75, 3.05) is 52.0 Å². The molecular weight excluding hydrogens is 526 g/mol. The van der Waals surface area contributed by atoms with Gasteiger partial charge in [0.05, 0.1) is 49.7 Å². The van der Waals surface area contributed by atoms with E-state index >= 15 is 0 Å². The third-order valence-electron chi connectivity index (χ3n) is 6.56. The van der Waals surface area contributed by atoms with Gasteiger partial charge >= 0.3 is 0 Å². The van der Waals surface area contributed by atoms with Gasteiger partial charge in [0, 0.05) is 31.2 Å². The molecule has 0 radical (unpaired) electrons. The van der Waals surface area contributed by atoms with Crippen LogP contribution in [0.25, 0.3) is 22.5 Å². The highest BCUT2D eigenvalue weighted by Gasteiger charge is 2.31. The Labute approximate surface area is 240 Å². The van der Waals surface area contributed by atoms with Crippen LogP contribution in [-0.2, 0) is 40.6 Å². The summed E-state index contributed by atoms with van der Waals surface area (Å²) in [5.74, 6) is -0.298. The molecule has 2 aromatic carbocycles. The van der Waals surface area contributed by atoms with E-state index in [0.717, 1.165) is 33.8 Å². The van der Waals surface area contributed by atoms with Crippen molar-refractivity contribution in [3.05, 3.63) is 54.1 Å². The first-order chi connectivity index (χ1) is 19.8. The van der Waals surface area contributed by atoms with E-state index in [1.165, 1.54) is 0 Å². The Balaban J connectivity index is 1.39. The average Bonchev–Trinajstić information content (AvgIpc) is 3.40. The van der Waals surface area contributed by atoms with Gasteiger partial charge in [-0.3, -0.25) is 9.59 Å². The molecule has 0 atom stereocenters. The molecule has 4 rings (SSSR count). The van der Waals surface area contributed by atoms with E-state index < -0.39 is 0 Å². The molecule has 0 aliphatic carbocycles. The molecule has 11 heteroatoms. The van der Waals surface area contributed by atoms with Crippen LogP contribution in [0.3, 0.4) is 0 Å². The number of carbonyl (C=O) groups is 2. The molecule has 2 amide bonds. The zero-order chi connectivity index (χ0) is 29.2. The van der Waals surface area contributed by atoms with Gasteiger partial charge in [0.25, 0.3) is 0 Å². The van der Waals surface area contributed by atoms with E-state index in [2.05, 4.69) is 42.5 Å². The van der Waals surface area contributed by atoms with Gasteiger partial charge in [0.15, 0.2) is 0 Å². The molecule has 2 heterocycles. The van der Waals surface area contributed by atoms with Crippen molar-refractivity contribution in [2.24, 2.45) is 0 Å². The molecule has 41 heavy (non-hydrogen) atoms. The van der Waals surface area contributed by atoms with Crippen molar-refractivity contribution < 1.29 is 28.5 Å². The highest BCUT2D eigenvalue weighted by atomic mass is 16.7. The Kier molecular flexibility index (Phi) is 10.6. The van der Waals surface area contributed by atoms with Gasteiger partial charge < -0.3 is 29.2 Å². The summed E-state index contributed by atoms with van der Waals surface area (Å²) in [6.07, 6.45) is 0.306. The highest BCUT2D eigenvalue weighted by Crippen LogP contribution is 2.42.